The minimum Gasteiger partial charge on any atom is -0.303 e. The maximum atomic E-state index is 2.83. The van der Waals surface area contributed by atoms with Gasteiger partial charge in [0.1, 0.15) is 0 Å². The second kappa shape index (κ2) is 9.19. The van der Waals surface area contributed by atoms with E-state index >= 15 is 0 Å². The lowest BCUT2D eigenvalue weighted by atomic mass is 9.85. The van der Waals surface area contributed by atoms with Gasteiger partial charge in [0.05, 0.1) is 0 Å². The van der Waals surface area contributed by atoms with E-state index in [4.69, 9.17) is 0 Å². The van der Waals surface area contributed by atoms with Crippen LogP contribution in [-0.2, 0) is 0 Å². The van der Waals surface area contributed by atoms with Crippen molar-refractivity contribution in [2.75, 3.05) is 45.8 Å². The highest BCUT2D eigenvalue weighted by Crippen LogP contribution is 2.28. The van der Waals surface area contributed by atoms with Gasteiger partial charge in [-0.3, -0.25) is 0 Å². The van der Waals surface area contributed by atoms with Gasteiger partial charge in [-0.05, 0) is 109 Å². The van der Waals surface area contributed by atoms with Gasteiger partial charge in [0.15, 0.2) is 0 Å². The lowest BCUT2D eigenvalue weighted by Crippen LogP contribution is -2.49. The van der Waals surface area contributed by atoms with E-state index in [1.165, 1.54) is 84.3 Å². The van der Waals surface area contributed by atoms with Gasteiger partial charge in [0.25, 0.3) is 0 Å². The Morgan fingerprint density at radius 3 is 1.84 bits per heavy atom. The van der Waals surface area contributed by atoms with Crippen LogP contribution in [0, 0.1) is 17.8 Å². The lowest BCUT2D eigenvalue weighted by molar-refractivity contribution is 0.0566. The van der Waals surface area contributed by atoms with E-state index < -0.39 is 0 Å². The number of hydrogen-bond donors (Lipinski definition) is 0. The van der Waals surface area contributed by atoms with Gasteiger partial charge in [0, 0.05) is 18.6 Å². The van der Waals surface area contributed by atoms with Crippen molar-refractivity contribution in [2.45, 2.75) is 78.3 Å². The predicted octanol–water partition coefficient (Wildman–Crippen LogP) is 3.94. The van der Waals surface area contributed by atoms with Crippen LogP contribution >= 0.6 is 0 Å². The molecule has 0 saturated carbocycles. The van der Waals surface area contributed by atoms with Crippen LogP contribution in [0.2, 0.25) is 0 Å². The maximum absolute atomic E-state index is 2.83. The summed E-state index contributed by atoms with van der Waals surface area (Å²) in [4.78, 5) is 8.27. The second-order valence-electron chi connectivity index (χ2n) is 9.72. The largest absolute Gasteiger partial charge is 0.303 e. The number of likely N-dealkylation sites (tertiary alicyclic amines) is 3. The first-order chi connectivity index (χ1) is 12.0. The average molecular weight is 350 g/mol. The Bertz CT molecular complexity index is 371. The third kappa shape index (κ3) is 5.43. The maximum Gasteiger partial charge on any atom is 0.0120 e. The van der Waals surface area contributed by atoms with Crippen LogP contribution in [0.3, 0.4) is 0 Å². The summed E-state index contributed by atoms with van der Waals surface area (Å²) in [5, 5.41) is 0. The van der Waals surface area contributed by atoms with Crippen molar-refractivity contribution in [1.82, 2.24) is 14.7 Å². The van der Waals surface area contributed by atoms with Crippen molar-refractivity contribution in [3.63, 3.8) is 0 Å². The minimum absolute atomic E-state index is 0.733. The van der Waals surface area contributed by atoms with Gasteiger partial charge in [-0.2, -0.15) is 0 Å². The van der Waals surface area contributed by atoms with E-state index in [1.54, 1.807) is 0 Å². The summed E-state index contributed by atoms with van der Waals surface area (Å²) in [6, 6.07) is 1.61. The Morgan fingerprint density at radius 2 is 1.32 bits per heavy atom. The van der Waals surface area contributed by atoms with Crippen molar-refractivity contribution >= 4 is 0 Å². The summed E-state index contributed by atoms with van der Waals surface area (Å²) in [5.74, 6) is 2.81. The van der Waals surface area contributed by atoms with Crippen molar-refractivity contribution in [3.8, 4) is 0 Å². The lowest BCUT2D eigenvalue weighted by Gasteiger charge is -2.43. The third-order valence-electron chi connectivity index (χ3n) is 7.49. The Balaban J connectivity index is 1.34. The zero-order valence-electron chi connectivity index (χ0n) is 17.4. The highest BCUT2D eigenvalue weighted by Gasteiger charge is 2.30. The fourth-order valence-electron chi connectivity index (χ4n) is 5.44. The zero-order valence-corrected chi connectivity index (χ0v) is 17.4. The summed E-state index contributed by atoms with van der Waals surface area (Å²) >= 11 is 0. The van der Waals surface area contributed by atoms with E-state index in [0.29, 0.717) is 0 Å². The molecule has 3 aliphatic heterocycles. The van der Waals surface area contributed by atoms with Gasteiger partial charge in [-0.15, -0.1) is 0 Å². The highest BCUT2D eigenvalue weighted by molar-refractivity contribution is 4.85. The summed E-state index contributed by atoms with van der Waals surface area (Å²) < 4.78 is 0. The molecule has 3 heteroatoms. The number of piperidine rings is 3. The second-order valence-corrected chi connectivity index (χ2v) is 9.72. The molecule has 0 N–H and O–H groups in total. The summed E-state index contributed by atoms with van der Waals surface area (Å²) in [6.45, 7) is 18.9. The number of rotatable bonds is 5. The topological polar surface area (TPSA) is 9.72 Å². The first kappa shape index (κ1) is 19.6. The van der Waals surface area contributed by atoms with Crippen molar-refractivity contribution in [1.29, 1.82) is 0 Å². The molecule has 0 unspecified atom stereocenters. The SMILES string of the molecule is CC(C)C1CCN(C2CCN(CC3CCN(C(C)C)CC3)CC2)CC1. The molecule has 0 spiro atoms. The first-order valence-electron chi connectivity index (χ1n) is 11.2. The zero-order chi connectivity index (χ0) is 17.8. The van der Waals surface area contributed by atoms with Crippen LogP contribution in [0.25, 0.3) is 0 Å². The Hall–Kier alpha value is -0.120. The monoisotopic (exact) mass is 349 g/mol. The van der Waals surface area contributed by atoms with Crippen LogP contribution in [-0.4, -0.2) is 72.6 Å². The standard InChI is InChI=1S/C22H43N3/c1-18(2)21-7-15-25(16-8-21)22-9-11-23(12-10-22)17-20-5-13-24(14-6-20)19(3)4/h18-22H,5-17H2,1-4H3. The molecule has 0 atom stereocenters. The van der Waals surface area contributed by atoms with E-state index in [1.807, 2.05) is 0 Å². The van der Waals surface area contributed by atoms with Crippen molar-refractivity contribution < 1.29 is 0 Å². The molecule has 0 radical (unpaired) electrons. The molecule has 0 aromatic carbocycles. The normalized spacial score (nSPS) is 27.6. The Morgan fingerprint density at radius 1 is 0.720 bits per heavy atom. The fourth-order valence-corrected chi connectivity index (χ4v) is 5.44. The molecule has 0 aliphatic carbocycles. The molecule has 3 heterocycles. The smallest absolute Gasteiger partial charge is 0.0120 e. The Labute approximate surface area is 157 Å². The molecule has 0 amide bonds. The molecule has 3 fully saturated rings. The summed E-state index contributed by atoms with van der Waals surface area (Å²) in [7, 11) is 0. The average Bonchev–Trinajstić information content (AvgIpc) is 2.63. The molecule has 0 bridgehead atoms. The van der Waals surface area contributed by atoms with E-state index in [9.17, 15) is 0 Å². The van der Waals surface area contributed by atoms with Gasteiger partial charge in [0.2, 0.25) is 0 Å². The summed E-state index contributed by atoms with van der Waals surface area (Å²) in [5.41, 5.74) is 0. The van der Waals surface area contributed by atoms with Crippen LogP contribution in [0.5, 0.6) is 0 Å². The van der Waals surface area contributed by atoms with E-state index in [-0.39, 0.29) is 0 Å². The molecule has 0 aromatic heterocycles. The molecule has 3 rings (SSSR count). The van der Waals surface area contributed by atoms with Crippen LogP contribution in [0.15, 0.2) is 0 Å². The Kier molecular flexibility index (Phi) is 7.22. The quantitative estimate of drug-likeness (QED) is 0.744. The first-order valence-corrected chi connectivity index (χ1v) is 11.2. The van der Waals surface area contributed by atoms with Crippen LogP contribution < -0.4 is 0 Å². The molecule has 25 heavy (non-hydrogen) atoms. The molecule has 0 aromatic rings. The third-order valence-corrected chi connectivity index (χ3v) is 7.49. The van der Waals surface area contributed by atoms with Gasteiger partial charge in [-0.1, -0.05) is 13.8 Å². The molecule has 3 aliphatic rings. The van der Waals surface area contributed by atoms with E-state index in [2.05, 4.69) is 42.4 Å². The number of hydrogen-bond acceptors (Lipinski definition) is 3. The van der Waals surface area contributed by atoms with Crippen molar-refractivity contribution in [3.05, 3.63) is 0 Å². The molecule has 3 nitrogen and oxygen atoms in total. The predicted molar refractivity (Wildman–Crippen MR) is 108 cm³/mol. The fraction of sp³-hybridized carbons (Fsp3) is 1.00. The van der Waals surface area contributed by atoms with Crippen LogP contribution in [0.1, 0.15) is 66.2 Å². The van der Waals surface area contributed by atoms with Crippen LogP contribution in [0.4, 0.5) is 0 Å². The summed E-state index contributed by atoms with van der Waals surface area (Å²) in [6.07, 6.45) is 8.54. The molecule has 3 saturated heterocycles. The number of nitrogens with zero attached hydrogens (tertiary/aromatic N) is 3. The molecular weight excluding hydrogens is 306 g/mol. The van der Waals surface area contributed by atoms with Gasteiger partial charge in [-0.25, -0.2) is 0 Å². The molecular formula is C22H43N3. The molecule has 146 valence electrons. The van der Waals surface area contributed by atoms with Gasteiger partial charge < -0.3 is 14.7 Å². The van der Waals surface area contributed by atoms with Crippen molar-refractivity contribution in [2.24, 2.45) is 17.8 Å². The van der Waals surface area contributed by atoms with Gasteiger partial charge >= 0.3 is 0 Å². The minimum atomic E-state index is 0.733. The van der Waals surface area contributed by atoms with E-state index in [0.717, 1.165) is 29.8 Å². The highest BCUT2D eigenvalue weighted by atomic mass is 15.2.